The number of nitrogens with one attached hydrogen (secondary N) is 3. The van der Waals surface area contributed by atoms with Gasteiger partial charge in [0.05, 0.1) is 6.04 Å². The van der Waals surface area contributed by atoms with Gasteiger partial charge in [-0.2, -0.15) is 0 Å². The van der Waals surface area contributed by atoms with Crippen molar-refractivity contribution in [1.29, 1.82) is 0 Å². The monoisotopic (exact) mass is 885 g/mol. The average Bonchev–Trinajstić information content (AvgIpc) is 3.70. The Morgan fingerprint density at radius 2 is 1.31 bits per heavy atom. The summed E-state index contributed by atoms with van der Waals surface area (Å²) in [5.41, 5.74) is 5.09. The number of nitrogens with zero attached hydrogens (tertiary/aromatic N) is 4. The van der Waals surface area contributed by atoms with Gasteiger partial charge in [0.25, 0.3) is 0 Å². The van der Waals surface area contributed by atoms with Crippen LogP contribution >= 0.6 is 11.6 Å². The lowest BCUT2D eigenvalue weighted by Gasteiger charge is -2.36. The van der Waals surface area contributed by atoms with E-state index < -0.39 is 34.9 Å². The van der Waals surface area contributed by atoms with Gasteiger partial charge in [0.2, 0.25) is 5.91 Å². The zero-order valence-electron chi connectivity index (χ0n) is 37.1. The predicted molar refractivity (Wildman–Crippen MR) is 255 cm³/mol. The van der Waals surface area contributed by atoms with Crippen molar-refractivity contribution in [2.45, 2.75) is 82.6 Å². The fourth-order valence-corrected chi connectivity index (χ4v) is 8.92. The Morgan fingerprint density at radius 1 is 0.738 bits per heavy atom. The summed E-state index contributed by atoms with van der Waals surface area (Å²) < 4.78 is 7.35. The molecule has 0 saturated heterocycles. The summed E-state index contributed by atoms with van der Waals surface area (Å²) in [7, 11) is 0. The highest BCUT2D eigenvalue weighted by Crippen LogP contribution is 2.43. The van der Waals surface area contributed by atoms with Crippen LogP contribution < -0.4 is 16.0 Å². The van der Waals surface area contributed by atoms with E-state index in [0.717, 1.165) is 44.6 Å². The molecule has 12 heteroatoms. The minimum atomic E-state index is -0.948. The van der Waals surface area contributed by atoms with Crippen LogP contribution in [0.15, 0.2) is 158 Å². The number of aryl methyl sites for hydroxylation is 1. The quantitative estimate of drug-likeness (QED) is 0.0814. The molecule has 6 aromatic carbocycles. The maximum atomic E-state index is 14.7. The summed E-state index contributed by atoms with van der Waals surface area (Å²) in [5.74, 6) is 0.0431. The van der Waals surface area contributed by atoms with Crippen molar-refractivity contribution in [2.24, 2.45) is 0 Å². The molecule has 0 fully saturated rings. The minimum absolute atomic E-state index is 0.0387. The van der Waals surface area contributed by atoms with E-state index in [1.54, 1.807) is 34.6 Å². The second-order valence-corrected chi connectivity index (χ2v) is 18.5. The molecule has 8 rings (SSSR count). The van der Waals surface area contributed by atoms with E-state index in [1.807, 2.05) is 126 Å². The molecule has 7 aromatic rings. The summed E-state index contributed by atoms with van der Waals surface area (Å²) >= 11 is 6.45. The molecular formula is C53H52ClN7O4. The average molecular weight is 886 g/mol. The fourth-order valence-electron chi connectivity index (χ4n) is 8.74. The van der Waals surface area contributed by atoms with Gasteiger partial charge < -0.3 is 20.7 Å². The number of benzene rings is 6. The second kappa shape index (κ2) is 18.5. The highest BCUT2D eigenvalue weighted by atomic mass is 35.5. The molecule has 1 aliphatic rings. The molecule has 0 saturated carbocycles. The van der Waals surface area contributed by atoms with Crippen LogP contribution in [0.1, 0.15) is 80.1 Å². The van der Waals surface area contributed by atoms with Crippen LogP contribution in [0.4, 0.5) is 10.5 Å². The summed E-state index contributed by atoms with van der Waals surface area (Å²) in [6.45, 7) is 8.86. The van der Waals surface area contributed by atoms with Crippen LogP contribution in [0.3, 0.4) is 0 Å². The summed E-state index contributed by atoms with van der Waals surface area (Å²) in [6, 6.07) is 50.4. The van der Waals surface area contributed by atoms with Crippen molar-refractivity contribution in [1.82, 2.24) is 30.8 Å². The Morgan fingerprint density at radius 3 is 1.89 bits per heavy atom. The maximum Gasteiger partial charge on any atom is 0.408 e. The normalized spacial score (nSPS) is 15.2. The number of fused-ring (bicyclic) bond motifs is 1. The number of halogens is 1. The number of tetrazole rings is 1. The van der Waals surface area contributed by atoms with Crippen molar-refractivity contribution in [3.63, 3.8) is 0 Å². The fraction of sp³-hybridized carbons (Fsp3) is 0.245. The predicted octanol–water partition coefficient (Wildman–Crippen LogP) is 10.3. The lowest BCUT2D eigenvalue weighted by Crippen LogP contribution is -2.53. The third kappa shape index (κ3) is 9.71. The molecule has 1 aromatic heterocycles. The smallest absolute Gasteiger partial charge is 0.408 e. The molecule has 2 heterocycles. The van der Waals surface area contributed by atoms with E-state index in [4.69, 9.17) is 26.6 Å². The van der Waals surface area contributed by atoms with Crippen LogP contribution in [0.5, 0.6) is 0 Å². The third-order valence-corrected chi connectivity index (χ3v) is 11.8. The van der Waals surface area contributed by atoms with Gasteiger partial charge in [-0.3, -0.25) is 9.59 Å². The molecule has 11 nitrogen and oxygen atoms in total. The van der Waals surface area contributed by atoms with Crippen LogP contribution in [-0.2, 0) is 21.5 Å². The molecule has 0 radical (unpaired) electrons. The van der Waals surface area contributed by atoms with Crippen LogP contribution in [0.2, 0.25) is 5.02 Å². The highest BCUT2D eigenvalue weighted by Gasteiger charge is 2.42. The number of amides is 2. The number of hydrogen-bond acceptors (Lipinski definition) is 8. The number of ketones is 1. The SMILES string of the molecule is CC(C)(CC(=O)NC1CCc2ccc(Cl)cc2NC1C(=O)c1ccc(-c2ccccc2-c2nnnn2C(c2ccccc2)(c2ccccc2)c2ccccc2)cc1)NC(=O)OC(C)(C)C. The van der Waals surface area contributed by atoms with E-state index in [-0.39, 0.29) is 18.1 Å². The molecule has 2 unspecified atom stereocenters. The first kappa shape index (κ1) is 44.5. The number of carbonyl (C=O) groups excluding carboxylic acids is 3. The summed E-state index contributed by atoms with van der Waals surface area (Å²) in [5, 5.41) is 23.7. The molecule has 0 aliphatic carbocycles. The van der Waals surface area contributed by atoms with Crippen molar-refractivity contribution in [3.05, 3.63) is 191 Å². The van der Waals surface area contributed by atoms with E-state index in [0.29, 0.717) is 29.3 Å². The molecule has 2 amide bonds. The topological polar surface area (TPSA) is 140 Å². The van der Waals surface area contributed by atoms with Gasteiger partial charge in [0, 0.05) is 33.8 Å². The summed E-state index contributed by atoms with van der Waals surface area (Å²) in [4.78, 5) is 41.0. The Kier molecular flexibility index (Phi) is 12.7. The largest absolute Gasteiger partial charge is 0.444 e. The van der Waals surface area contributed by atoms with Gasteiger partial charge in [-0.15, -0.1) is 5.10 Å². The van der Waals surface area contributed by atoms with Crippen molar-refractivity contribution in [2.75, 3.05) is 5.32 Å². The van der Waals surface area contributed by atoms with Crippen molar-refractivity contribution < 1.29 is 19.1 Å². The third-order valence-electron chi connectivity index (χ3n) is 11.6. The first-order valence-corrected chi connectivity index (χ1v) is 22.1. The number of ether oxygens (including phenoxy) is 1. The lowest BCUT2D eigenvalue weighted by atomic mass is 9.77. The van der Waals surface area contributed by atoms with Crippen LogP contribution in [0.25, 0.3) is 22.5 Å². The number of alkyl carbamates (subject to hydrolysis) is 1. The number of hydrogen-bond donors (Lipinski definition) is 3. The Bertz CT molecular complexity index is 2690. The number of carbonyl (C=O) groups is 3. The lowest BCUT2D eigenvalue weighted by molar-refractivity contribution is -0.123. The van der Waals surface area contributed by atoms with Crippen molar-refractivity contribution in [3.8, 4) is 22.5 Å². The standard InChI is InChI=1S/C53H52ClN7O4/c1-51(2,3)65-50(64)57-52(4,5)34-46(62)55-44-32-30-36-29-31-41(54)33-45(36)56-47(44)48(63)37-27-25-35(26-28-37)42-23-15-16-24-43(42)49-58-59-60-61(49)53(38-17-9-6-10-18-38,39-19-11-7-12-20-39)40-21-13-8-14-22-40/h6-29,31,33,44,47,56H,30,32,34H2,1-5H3,(H,55,62)(H,57,64). The zero-order chi connectivity index (χ0) is 45.8. The van der Waals surface area contributed by atoms with Gasteiger partial charge in [-0.1, -0.05) is 157 Å². The van der Waals surface area contributed by atoms with Gasteiger partial charge in [0.15, 0.2) is 11.6 Å². The Labute approximate surface area is 384 Å². The highest BCUT2D eigenvalue weighted by molar-refractivity contribution is 6.30. The van der Waals surface area contributed by atoms with E-state index in [2.05, 4.69) is 57.6 Å². The van der Waals surface area contributed by atoms with E-state index in [9.17, 15) is 14.4 Å². The molecular weight excluding hydrogens is 834 g/mol. The van der Waals surface area contributed by atoms with Gasteiger partial charge in [-0.25, -0.2) is 9.48 Å². The number of anilines is 1. The summed E-state index contributed by atoms with van der Waals surface area (Å²) in [6.07, 6.45) is 0.433. The Hall–Kier alpha value is -7.11. The van der Waals surface area contributed by atoms with Crippen molar-refractivity contribution >= 4 is 35.1 Å². The van der Waals surface area contributed by atoms with Gasteiger partial charge >= 0.3 is 6.09 Å². The second-order valence-electron chi connectivity index (χ2n) is 18.0. The number of aromatic nitrogens is 4. The number of rotatable bonds is 12. The van der Waals surface area contributed by atoms with Gasteiger partial charge in [0.1, 0.15) is 17.2 Å². The van der Waals surface area contributed by atoms with E-state index >= 15 is 0 Å². The first-order chi connectivity index (χ1) is 31.2. The molecule has 3 N–H and O–H groups in total. The molecule has 0 bridgehead atoms. The van der Waals surface area contributed by atoms with Gasteiger partial charge in [-0.05, 0) is 103 Å². The zero-order valence-corrected chi connectivity index (χ0v) is 37.8. The molecule has 0 spiro atoms. The molecule has 1 aliphatic heterocycles. The molecule has 330 valence electrons. The number of Topliss-reactive ketones (excluding diaryl/α,β-unsaturated/α-hetero) is 1. The van der Waals surface area contributed by atoms with Crippen LogP contribution in [0, 0.1) is 0 Å². The Balaban J connectivity index is 1.12. The van der Waals surface area contributed by atoms with E-state index in [1.165, 1.54) is 0 Å². The molecule has 65 heavy (non-hydrogen) atoms. The molecule has 2 atom stereocenters. The minimum Gasteiger partial charge on any atom is -0.444 e. The van der Waals surface area contributed by atoms with Crippen LogP contribution in [-0.4, -0.2) is 61.2 Å². The first-order valence-electron chi connectivity index (χ1n) is 21.8. The maximum absolute atomic E-state index is 14.7.